The number of urea groups is 1. The van der Waals surface area contributed by atoms with Crippen LogP contribution in [0.4, 0.5) is 10.5 Å². The molecule has 1 fully saturated rings. The van der Waals surface area contributed by atoms with Gasteiger partial charge in [-0.3, -0.25) is 24.6 Å². The Bertz CT molecular complexity index is 1040. The van der Waals surface area contributed by atoms with Gasteiger partial charge in [-0.25, -0.2) is 4.79 Å². The quantitative estimate of drug-likeness (QED) is 0.319. The van der Waals surface area contributed by atoms with Crippen molar-refractivity contribution in [2.24, 2.45) is 0 Å². The summed E-state index contributed by atoms with van der Waals surface area (Å²) in [6.45, 7) is 1.01. The molecule has 0 unspecified atom stereocenters. The Hall–Kier alpha value is -3.95. The van der Waals surface area contributed by atoms with Crippen molar-refractivity contribution in [1.82, 2.24) is 10.2 Å². The number of nitro benzene ring substituents is 1. The van der Waals surface area contributed by atoms with Crippen molar-refractivity contribution >= 4 is 23.4 Å². The number of amides is 3. The molecule has 10 nitrogen and oxygen atoms in total. The fourth-order valence-corrected chi connectivity index (χ4v) is 3.20. The summed E-state index contributed by atoms with van der Waals surface area (Å²) in [5, 5.41) is 13.4. The number of imide groups is 1. The van der Waals surface area contributed by atoms with Crippen molar-refractivity contribution in [2.75, 3.05) is 20.8 Å². The van der Waals surface area contributed by atoms with Crippen LogP contribution in [0.5, 0.6) is 11.5 Å². The number of methoxy groups -OCH3 is 2. The van der Waals surface area contributed by atoms with Crippen LogP contribution < -0.4 is 14.8 Å². The number of ether oxygens (including phenoxy) is 2. The number of nitro groups is 1. The minimum Gasteiger partial charge on any atom is -0.493 e. The molecule has 30 heavy (non-hydrogen) atoms. The van der Waals surface area contributed by atoms with E-state index < -0.39 is 34.7 Å². The molecule has 3 rings (SSSR count). The molecule has 1 N–H and O–H groups in total. The van der Waals surface area contributed by atoms with Crippen LogP contribution in [0.25, 0.3) is 0 Å². The van der Waals surface area contributed by atoms with Crippen molar-refractivity contribution in [3.63, 3.8) is 0 Å². The number of hydrogen-bond acceptors (Lipinski definition) is 7. The van der Waals surface area contributed by atoms with E-state index in [1.807, 2.05) is 0 Å². The molecule has 0 radical (unpaired) electrons. The monoisotopic (exact) mass is 413 g/mol. The van der Waals surface area contributed by atoms with Gasteiger partial charge in [0.1, 0.15) is 5.54 Å². The summed E-state index contributed by atoms with van der Waals surface area (Å²) >= 11 is 0. The lowest BCUT2D eigenvalue weighted by molar-refractivity contribution is -0.384. The Morgan fingerprint density at radius 2 is 1.73 bits per heavy atom. The number of nitrogens with zero attached hydrogens (tertiary/aromatic N) is 2. The molecule has 0 bridgehead atoms. The molecule has 2 aromatic rings. The highest BCUT2D eigenvalue weighted by Gasteiger charge is 2.49. The normalized spacial score (nSPS) is 18.2. The van der Waals surface area contributed by atoms with Gasteiger partial charge in [0.25, 0.3) is 11.6 Å². The molecule has 2 aromatic carbocycles. The number of benzene rings is 2. The number of non-ortho nitro benzene ring substituents is 1. The van der Waals surface area contributed by atoms with Gasteiger partial charge in [0.15, 0.2) is 17.3 Å². The number of carbonyl (C=O) groups excluding carboxylic acids is 3. The van der Waals surface area contributed by atoms with Crippen LogP contribution >= 0.6 is 0 Å². The zero-order valence-electron chi connectivity index (χ0n) is 16.5. The third kappa shape index (κ3) is 3.54. The number of nitrogens with one attached hydrogen (secondary N) is 1. The number of ketones is 1. The SMILES string of the molecule is COc1ccc(C(=O)CN2C(=O)N[C@](C)(c3ccc([N+](=O)[O-])cc3)C2=O)cc1OC. The molecule has 3 amide bonds. The van der Waals surface area contributed by atoms with Crippen LogP contribution in [-0.2, 0) is 10.3 Å². The van der Waals surface area contributed by atoms with Crippen molar-refractivity contribution in [3.05, 3.63) is 63.7 Å². The van der Waals surface area contributed by atoms with Crippen molar-refractivity contribution in [2.45, 2.75) is 12.5 Å². The van der Waals surface area contributed by atoms with E-state index in [0.717, 1.165) is 4.90 Å². The first-order chi connectivity index (χ1) is 14.2. The summed E-state index contributed by atoms with van der Waals surface area (Å²) < 4.78 is 10.3. The zero-order chi connectivity index (χ0) is 22.1. The van der Waals surface area contributed by atoms with E-state index in [-0.39, 0.29) is 11.3 Å². The average Bonchev–Trinajstić information content (AvgIpc) is 2.97. The van der Waals surface area contributed by atoms with Gasteiger partial charge in [0.05, 0.1) is 25.7 Å². The van der Waals surface area contributed by atoms with Crippen LogP contribution in [0.15, 0.2) is 42.5 Å². The molecule has 0 aliphatic carbocycles. The minimum absolute atomic E-state index is 0.139. The average molecular weight is 413 g/mol. The number of rotatable bonds is 7. The van der Waals surface area contributed by atoms with Crippen LogP contribution in [0, 0.1) is 10.1 Å². The lowest BCUT2D eigenvalue weighted by atomic mass is 9.92. The first-order valence-electron chi connectivity index (χ1n) is 8.85. The second kappa shape index (κ2) is 7.82. The van der Waals surface area contributed by atoms with Crippen LogP contribution in [0.2, 0.25) is 0 Å². The number of Topliss-reactive ketones (excluding diaryl/α,β-unsaturated/α-hetero) is 1. The maximum atomic E-state index is 13.0. The van der Waals surface area contributed by atoms with E-state index in [4.69, 9.17) is 9.47 Å². The van der Waals surface area contributed by atoms with E-state index in [1.165, 1.54) is 57.5 Å². The summed E-state index contributed by atoms with van der Waals surface area (Å²) in [5.41, 5.74) is -0.964. The first kappa shape index (κ1) is 20.8. The standard InChI is InChI=1S/C20H19N3O7/c1-20(13-5-7-14(8-6-13)23(27)28)18(25)22(19(26)21-20)11-15(24)12-4-9-16(29-2)17(10-12)30-3/h4-10H,11H2,1-3H3,(H,21,26)/t20-/m1/s1. The highest BCUT2D eigenvalue weighted by Crippen LogP contribution is 2.31. The Morgan fingerprint density at radius 1 is 1.10 bits per heavy atom. The largest absolute Gasteiger partial charge is 0.493 e. The minimum atomic E-state index is -1.44. The van der Waals surface area contributed by atoms with E-state index in [0.29, 0.717) is 17.1 Å². The Labute approximate surface area is 171 Å². The van der Waals surface area contributed by atoms with Crippen molar-refractivity contribution in [3.8, 4) is 11.5 Å². The second-order valence-corrected chi connectivity index (χ2v) is 6.74. The van der Waals surface area contributed by atoms with Crippen LogP contribution in [0.3, 0.4) is 0 Å². The predicted molar refractivity (Wildman–Crippen MR) is 105 cm³/mol. The molecule has 10 heteroatoms. The summed E-state index contributed by atoms with van der Waals surface area (Å²) in [5.74, 6) is -0.311. The third-order valence-electron chi connectivity index (χ3n) is 4.94. The van der Waals surface area contributed by atoms with Gasteiger partial charge in [0, 0.05) is 17.7 Å². The van der Waals surface area contributed by atoms with E-state index in [9.17, 15) is 24.5 Å². The van der Waals surface area contributed by atoms with Gasteiger partial charge in [-0.2, -0.15) is 0 Å². The van der Waals surface area contributed by atoms with Gasteiger partial charge in [0.2, 0.25) is 0 Å². The van der Waals surface area contributed by atoms with Crippen LogP contribution in [0.1, 0.15) is 22.8 Å². The smallest absolute Gasteiger partial charge is 0.325 e. The second-order valence-electron chi connectivity index (χ2n) is 6.74. The molecule has 0 spiro atoms. The first-order valence-corrected chi connectivity index (χ1v) is 8.85. The highest BCUT2D eigenvalue weighted by atomic mass is 16.6. The molecule has 0 aromatic heterocycles. The van der Waals surface area contributed by atoms with Crippen LogP contribution in [-0.4, -0.2) is 48.3 Å². The molecule has 1 heterocycles. The fraction of sp³-hybridized carbons (Fsp3) is 0.250. The maximum Gasteiger partial charge on any atom is 0.325 e. The lowest BCUT2D eigenvalue weighted by Crippen LogP contribution is -2.41. The summed E-state index contributed by atoms with van der Waals surface area (Å²) in [7, 11) is 2.89. The molecular weight excluding hydrogens is 394 g/mol. The van der Waals surface area contributed by atoms with Gasteiger partial charge >= 0.3 is 6.03 Å². The van der Waals surface area contributed by atoms with Crippen molar-refractivity contribution in [1.29, 1.82) is 0 Å². The molecule has 1 atom stereocenters. The van der Waals surface area contributed by atoms with E-state index >= 15 is 0 Å². The summed E-state index contributed by atoms with van der Waals surface area (Å²) in [6, 6.07) is 9.10. The van der Waals surface area contributed by atoms with Gasteiger partial charge in [-0.1, -0.05) is 0 Å². The lowest BCUT2D eigenvalue weighted by Gasteiger charge is -2.22. The molecular formula is C20H19N3O7. The fourth-order valence-electron chi connectivity index (χ4n) is 3.20. The van der Waals surface area contributed by atoms with Gasteiger partial charge < -0.3 is 14.8 Å². The predicted octanol–water partition coefficient (Wildman–Crippen LogP) is 2.26. The van der Waals surface area contributed by atoms with Crippen molar-refractivity contribution < 1.29 is 28.8 Å². The third-order valence-corrected chi connectivity index (χ3v) is 4.94. The Kier molecular flexibility index (Phi) is 5.41. The van der Waals surface area contributed by atoms with E-state index in [1.54, 1.807) is 6.07 Å². The topological polar surface area (TPSA) is 128 Å². The number of carbonyl (C=O) groups is 3. The summed E-state index contributed by atoms with van der Waals surface area (Å²) in [4.78, 5) is 49.2. The van der Waals surface area contributed by atoms with E-state index in [2.05, 4.69) is 5.32 Å². The maximum absolute atomic E-state index is 13.0. The van der Waals surface area contributed by atoms with Gasteiger partial charge in [-0.15, -0.1) is 0 Å². The highest BCUT2D eigenvalue weighted by molar-refractivity contribution is 6.11. The zero-order valence-corrected chi connectivity index (χ0v) is 16.5. The molecule has 1 aliphatic rings. The molecule has 1 aliphatic heterocycles. The number of hydrogen-bond donors (Lipinski definition) is 1. The Morgan fingerprint density at radius 3 is 2.30 bits per heavy atom. The molecule has 1 saturated heterocycles. The molecule has 0 saturated carbocycles. The molecule has 156 valence electrons. The Balaban J connectivity index is 1.82. The summed E-state index contributed by atoms with van der Waals surface area (Å²) in [6.07, 6.45) is 0. The van der Waals surface area contributed by atoms with Gasteiger partial charge in [-0.05, 0) is 42.8 Å².